The zero-order chi connectivity index (χ0) is 20.1. The molecule has 4 fully saturated rings. The van der Waals surface area contributed by atoms with Gasteiger partial charge in [0.15, 0.2) is 6.61 Å². The number of nitrogens with zero attached hydrogens (tertiary/aromatic N) is 1. The Bertz CT molecular complexity index is 841. The molecule has 7 nitrogen and oxygen atoms in total. The summed E-state index contributed by atoms with van der Waals surface area (Å²) < 4.78 is 5.39. The van der Waals surface area contributed by atoms with Crippen LogP contribution < -0.4 is 5.32 Å². The number of nitro benzene ring substituents is 1. The van der Waals surface area contributed by atoms with Crippen LogP contribution in [0.4, 0.5) is 11.4 Å². The van der Waals surface area contributed by atoms with E-state index in [0.29, 0.717) is 29.5 Å². The number of nitrogens with one attached hydrogen (secondary N) is 1. The monoisotopic (exact) mass is 406 g/mol. The molecule has 4 bridgehead atoms. The summed E-state index contributed by atoms with van der Waals surface area (Å²) in [5.41, 5.74) is 0.439. The number of halogens is 1. The van der Waals surface area contributed by atoms with Gasteiger partial charge in [0.05, 0.1) is 10.3 Å². The first-order valence-corrected chi connectivity index (χ1v) is 9.97. The van der Waals surface area contributed by atoms with Crippen molar-refractivity contribution in [1.29, 1.82) is 0 Å². The van der Waals surface area contributed by atoms with Gasteiger partial charge in [-0.2, -0.15) is 0 Å². The van der Waals surface area contributed by atoms with Crippen LogP contribution in [0.5, 0.6) is 0 Å². The lowest BCUT2D eigenvalue weighted by Crippen LogP contribution is -2.56. The lowest BCUT2D eigenvalue weighted by Gasteiger charge is -2.58. The first-order valence-electron chi connectivity index (χ1n) is 9.59. The van der Waals surface area contributed by atoms with E-state index in [-0.39, 0.29) is 23.1 Å². The van der Waals surface area contributed by atoms with E-state index in [1.807, 2.05) is 0 Å². The lowest BCUT2D eigenvalue weighted by molar-refractivity contribution is -0.384. The highest BCUT2D eigenvalue weighted by Gasteiger charge is 2.60. The van der Waals surface area contributed by atoms with Gasteiger partial charge in [-0.15, -0.1) is 11.6 Å². The third-order valence-corrected chi connectivity index (χ3v) is 6.89. The molecule has 0 unspecified atom stereocenters. The summed E-state index contributed by atoms with van der Waals surface area (Å²) >= 11 is 6.75. The minimum Gasteiger partial charge on any atom is -0.455 e. The fourth-order valence-electron chi connectivity index (χ4n) is 5.76. The minimum absolute atomic E-state index is 0.0428. The Morgan fingerprint density at radius 1 is 1.29 bits per heavy atom. The quantitative estimate of drug-likeness (QED) is 0.345. The van der Waals surface area contributed by atoms with Gasteiger partial charge in [-0.25, -0.2) is 0 Å². The molecule has 28 heavy (non-hydrogen) atoms. The number of benzene rings is 1. The smallest absolute Gasteiger partial charge is 0.312 e. The maximum atomic E-state index is 12.8. The van der Waals surface area contributed by atoms with Gasteiger partial charge in [-0.3, -0.25) is 19.7 Å². The molecule has 4 aliphatic rings. The predicted molar refractivity (Wildman–Crippen MR) is 103 cm³/mol. The molecule has 0 saturated heterocycles. The van der Waals surface area contributed by atoms with Crippen LogP contribution in [0.15, 0.2) is 18.2 Å². The summed E-state index contributed by atoms with van der Waals surface area (Å²) in [5.74, 6) is 0.170. The van der Waals surface area contributed by atoms with Crippen LogP contribution in [0, 0.1) is 34.3 Å². The fourth-order valence-corrected chi connectivity index (χ4v) is 6.45. The number of carbonyl (C=O) groups excluding carboxylic acids is 2. The van der Waals surface area contributed by atoms with Crippen molar-refractivity contribution in [3.05, 3.63) is 33.9 Å². The summed E-state index contributed by atoms with van der Waals surface area (Å²) in [6.45, 7) is 1.30. The second kappa shape index (κ2) is 6.72. The van der Waals surface area contributed by atoms with E-state index in [4.69, 9.17) is 16.3 Å². The number of hydrogen-bond acceptors (Lipinski definition) is 5. The standard InChI is InChI=1S/C20H23ClN2O5/c1-12-4-15(23(26)27)2-3-16(12)22-17(24)10-28-18(25)19-6-13-5-14(7-19)9-20(21,8-13)11-19/h2-4,13-14H,5-11H2,1H3,(H,22,24)/t13-,14-,19?,20?/m1/s1. The normalized spacial score (nSPS) is 32.8. The van der Waals surface area contributed by atoms with Crippen LogP contribution in [0.3, 0.4) is 0 Å². The molecule has 0 aromatic heterocycles. The Hall–Kier alpha value is -2.15. The van der Waals surface area contributed by atoms with Crippen molar-refractivity contribution in [2.75, 3.05) is 11.9 Å². The van der Waals surface area contributed by atoms with Gasteiger partial charge in [0.25, 0.3) is 11.6 Å². The van der Waals surface area contributed by atoms with Gasteiger partial charge in [-0.05, 0) is 68.9 Å². The Morgan fingerprint density at radius 2 is 1.96 bits per heavy atom. The van der Waals surface area contributed by atoms with Crippen molar-refractivity contribution >= 4 is 34.9 Å². The van der Waals surface area contributed by atoms with Gasteiger partial charge in [0.2, 0.25) is 0 Å². The molecule has 5 rings (SSSR count). The SMILES string of the molecule is Cc1cc([N+](=O)[O-])ccc1NC(=O)COC(=O)C12C[C@H]3C[C@@H](CC(Cl)(C3)C1)C2. The molecule has 1 amide bonds. The summed E-state index contributed by atoms with van der Waals surface area (Å²) in [6, 6.07) is 4.18. The Balaban J connectivity index is 1.36. The van der Waals surface area contributed by atoms with E-state index in [1.54, 1.807) is 6.92 Å². The molecule has 0 heterocycles. The number of nitro groups is 1. The summed E-state index contributed by atoms with van der Waals surface area (Å²) in [5, 5.41) is 13.4. The van der Waals surface area contributed by atoms with Crippen LogP contribution in [0.1, 0.15) is 44.1 Å². The van der Waals surface area contributed by atoms with Gasteiger partial charge in [-0.1, -0.05) is 0 Å². The minimum atomic E-state index is -0.546. The van der Waals surface area contributed by atoms with Crippen LogP contribution in [-0.2, 0) is 14.3 Å². The first kappa shape index (κ1) is 19.2. The predicted octanol–water partition coefficient (Wildman–Crippen LogP) is 3.96. The summed E-state index contributed by atoms with van der Waals surface area (Å²) in [4.78, 5) is 35.1. The Kier molecular flexibility index (Phi) is 4.61. The molecule has 1 N–H and O–H groups in total. The van der Waals surface area contributed by atoms with E-state index < -0.39 is 16.2 Å². The third kappa shape index (κ3) is 3.48. The highest BCUT2D eigenvalue weighted by molar-refractivity contribution is 6.24. The van der Waals surface area contributed by atoms with Crippen LogP contribution in [0.25, 0.3) is 0 Å². The number of ether oxygens (including phenoxy) is 1. The first-order chi connectivity index (χ1) is 13.2. The molecule has 0 aliphatic heterocycles. The number of hydrogen-bond donors (Lipinski definition) is 1. The molecule has 8 heteroatoms. The lowest BCUT2D eigenvalue weighted by atomic mass is 9.49. The van der Waals surface area contributed by atoms with E-state index >= 15 is 0 Å². The molecule has 150 valence electrons. The highest BCUT2D eigenvalue weighted by atomic mass is 35.5. The molecule has 1 aromatic rings. The fraction of sp³-hybridized carbons (Fsp3) is 0.600. The van der Waals surface area contributed by atoms with Gasteiger partial charge >= 0.3 is 5.97 Å². The topological polar surface area (TPSA) is 98.5 Å². The molecule has 0 radical (unpaired) electrons. The van der Waals surface area contributed by atoms with Crippen molar-refractivity contribution < 1.29 is 19.2 Å². The Labute approximate surface area is 167 Å². The number of non-ortho nitro benzene ring substituents is 1. The number of esters is 1. The molecule has 2 atom stereocenters. The van der Waals surface area contributed by atoms with E-state index in [9.17, 15) is 19.7 Å². The van der Waals surface area contributed by atoms with Gasteiger partial charge < -0.3 is 10.1 Å². The number of anilines is 1. The molecular formula is C20H23ClN2O5. The zero-order valence-corrected chi connectivity index (χ0v) is 16.5. The van der Waals surface area contributed by atoms with E-state index in [0.717, 1.165) is 32.1 Å². The number of alkyl halides is 1. The Morgan fingerprint density at radius 3 is 2.54 bits per heavy atom. The average Bonchev–Trinajstić information content (AvgIpc) is 2.59. The van der Waals surface area contributed by atoms with Crippen molar-refractivity contribution in [3.8, 4) is 0 Å². The van der Waals surface area contributed by atoms with Crippen molar-refractivity contribution in [2.45, 2.75) is 50.3 Å². The van der Waals surface area contributed by atoms with Crippen LogP contribution in [-0.4, -0.2) is 28.3 Å². The number of carbonyl (C=O) groups is 2. The maximum Gasteiger partial charge on any atom is 0.312 e. The summed E-state index contributed by atoms with van der Waals surface area (Å²) in [7, 11) is 0. The summed E-state index contributed by atoms with van der Waals surface area (Å²) in [6.07, 6.45) is 5.33. The second-order valence-corrected chi connectivity index (χ2v) is 9.57. The number of aryl methyl sites for hydroxylation is 1. The maximum absolute atomic E-state index is 12.8. The highest BCUT2D eigenvalue weighted by Crippen LogP contribution is 2.64. The van der Waals surface area contributed by atoms with Crippen molar-refractivity contribution in [3.63, 3.8) is 0 Å². The van der Waals surface area contributed by atoms with Gasteiger partial charge in [0.1, 0.15) is 0 Å². The third-order valence-electron chi connectivity index (χ3n) is 6.45. The van der Waals surface area contributed by atoms with Crippen LogP contribution in [0.2, 0.25) is 0 Å². The number of amides is 1. The molecule has 4 aliphatic carbocycles. The van der Waals surface area contributed by atoms with E-state index in [1.165, 1.54) is 18.2 Å². The second-order valence-electron chi connectivity index (χ2n) is 8.77. The molecule has 1 aromatic carbocycles. The largest absolute Gasteiger partial charge is 0.455 e. The molecule has 4 saturated carbocycles. The van der Waals surface area contributed by atoms with Crippen molar-refractivity contribution in [1.82, 2.24) is 0 Å². The van der Waals surface area contributed by atoms with Crippen molar-refractivity contribution in [2.24, 2.45) is 17.3 Å². The van der Waals surface area contributed by atoms with Gasteiger partial charge in [0, 0.05) is 22.7 Å². The molecular weight excluding hydrogens is 384 g/mol. The number of rotatable bonds is 5. The van der Waals surface area contributed by atoms with E-state index in [2.05, 4.69) is 5.32 Å². The zero-order valence-electron chi connectivity index (χ0n) is 15.7. The van der Waals surface area contributed by atoms with Crippen LogP contribution >= 0.6 is 11.6 Å². The molecule has 0 spiro atoms. The average molecular weight is 407 g/mol.